The van der Waals surface area contributed by atoms with E-state index in [2.05, 4.69) is 0 Å². The van der Waals surface area contributed by atoms with E-state index in [9.17, 15) is 13.2 Å². The van der Waals surface area contributed by atoms with Crippen LogP contribution < -0.4 is 9.04 Å². The average molecular weight is 458 g/mol. The van der Waals surface area contributed by atoms with Gasteiger partial charge in [0, 0.05) is 11.4 Å². The molecule has 1 amide bonds. The van der Waals surface area contributed by atoms with Crippen molar-refractivity contribution in [3.05, 3.63) is 89.4 Å². The lowest BCUT2D eigenvalue weighted by Crippen LogP contribution is -2.37. The molecule has 0 saturated heterocycles. The van der Waals surface area contributed by atoms with Crippen molar-refractivity contribution < 1.29 is 17.9 Å². The molecule has 0 unspecified atom stereocenters. The van der Waals surface area contributed by atoms with E-state index in [1.165, 1.54) is 12.1 Å². The number of sulfonamides is 1. The third kappa shape index (κ3) is 5.87. The predicted octanol–water partition coefficient (Wildman–Crippen LogP) is 5.48. The first-order valence-corrected chi connectivity index (χ1v) is 11.8. The Hall–Kier alpha value is -2.83. The molecule has 7 heteroatoms. The maximum Gasteiger partial charge on any atom is 0.270 e. The molecule has 0 heterocycles. The monoisotopic (exact) mass is 457 g/mol. The van der Waals surface area contributed by atoms with E-state index in [0.717, 1.165) is 16.3 Å². The molecule has 0 fully saturated rings. The van der Waals surface area contributed by atoms with E-state index in [1.807, 2.05) is 19.1 Å². The van der Waals surface area contributed by atoms with Gasteiger partial charge >= 0.3 is 0 Å². The fraction of sp³-hybridized carbons (Fsp3) is 0.208. The summed E-state index contributed by atoms with van der Waals surface area (Å²) in [5.41, 5.74) is 1.38. The van der Waals surface area contributed by atoms with Crippen LogP contribution in [0.4, 0.5) is 5.69 Å². The number of ether oxygens (including phenoxy) is 1. The summed E-state index contributed by atoms with van der Waals surface area (Å²) in [6.07, 6.45) is 1.21. The van der Waals surface area contributed by atoms with Gasteiger partial charge in [-0.2, -0.15) is 0 Å². The largest absolute Gasteiger partial charge is 0.494 e. The molecule has 0 radical (unpaired) electrons. The van der Waals surface area contributed by atoms with Gasteiger partial charge in [0.05, 0.1) is 17.2 Å². The number of carbonyl (C=O) groups excluding carboxylic acids is 1. The van der Waals surface area contributed by atoms with E-state index < -0.39 is 15.9 Å². The van der Waals surface area contributed by atoms with Crippen molar-refractivity contribution in [2.75, 3.05) is 10.9 Å². The Kier molecular flexibility index (Phi) is 7.71. The van der Waals surface area contributed by atoms with Gasteiger partial charge in [-0.05, 0) is 66.9 Å². The molecule has 0 aliphatic carbocycles. The number of benzene rings is 3. The fourth-order valence-electron chi connectivity index (χ4n) is 3.03. The van der Waals surface area contributed by atoms with Gasteiger partial charge < -0.3 is 4.74 Å². The highest BCUT2D eigenvalue weighted by Gasteiger charge is 2.30. The molecule has 0 aromatic heterocycles. The van der Waals surface area contributed by atoms with Crippen molar-refractivity contribution in [2.45, 2.75) is 31.1 Å². The van der Waals surface area contributed by atoms with E-state index in [4.69, 9.17) is 16.3 Å². The lowest BCUT2D eigenvalue weighted by molar-refractivity contribution is -0.117. The molecular formula is C24H24ClNO4S. The number of halogens is 1. The van der Waals surface area contributed by atoms with E-state index >= 15 is 0 Å². The molecule has 0 saturated carbocycles. The summed E-state index contributed by atoms with van der Waals surface area (Å²) < 4.78 is 33.1. The number of aryl methyl sites for hydroxylation is 1. The molecule has 3 aromatic rings. The number of amides is 1. The number of rotatable bonds is 9. The van der Waals surface area contributed by atoms with Crippen molar-refractivity contribution in [3.63, 3.8) is 0 Å². The van der Waals surface area contributed by atoms with Crippen LogP contribution in [0.25, 0.3) is 0 Å². The first-order valence-electron chi connectivity index (χ1n) is 10.0. The van der Waals surface area contributed by atoms with Gasteiger partial charge in [0.2, 0.25) is 5.91 Å². The minimum Gasteiger partial charge on any atom is -0.494 e. The number of anilines is 1. The number of hydrogen-bond donors (Lipinski definition) is 0. The predicted molar refractivity (Wildman–Crippen MR) is 123 cm³/mol. The SMILES string of the molecule is CCc1ccc(N(C(=O)CCCOc2ccc(Cl)cc2)S(=O)(=O)c2ccccc2)cc1. The molecule has 0 N–H and O–H groups in total. The van der Waals surface area contributed by atoms with Gasteiger partial charge in [0.25, 0.3) is 10.0 Å². The van der Waals surface area contributed by atoms with Crippen LogP contribution >= 0.6 is 11.6 Å². The molecule has 3 rings (SSSR count). The Labute approximate surface area is 188 Å². The van der Waals surface area contributed by atoms with E-state index in [0.29, 0.717) is 22.9 Å². The summed E-state index contributed by atoms with van der Waals surface area (Å²) in [6, 6.07) is 21.9. The molecule has 5 nitrogen and oxygen atoms in total. The highest BCUT2D eigenvalue weighted by Crippen LogP contribution is 2.26. The van der Waals surface area contributed by atoms with Crippen molar-refractivity contribution in [1.29, 1.82) is 0 Å². The fourth-order valence-corrected chi connectivity index (χ4v) is 4.62. The lowest BCUT2D eigenvalue weighted by atomic mass is 10.1. The van der Waals surface area contributed by atoms with Gasteiger partial charge in [-0.25, -0.2) is 12.7 Å². The van der Waals surface area contributed by atoms with E-state index in [-0.39, 0.29) is 17.9 Å². The van der Waals surface area contributed by atoms with Crippen LogP contribution in [-0.2, 0) is 21.2 Å². The first-order chi connectivity index (χ1) is 14.9. The van der Waals surface area contributed by atoms with Crippen LogP contribution in [0.2, 0.25) is 5.02 Å². The molecule has 0 aliphatic heterocycles. The third-order valence-corrected chi connectivity index (χ3v) is 6.72. The van der Waals surface area contributed by atoms with Gasteiger partial charge in [0.15, 0.2) is 0 Å². The molecular weight excluding hydrogens is 434 g/mol. The summed E-state index contributed by atoms with van der Waals surface area (Å²) in [5.74, 6) is 0.133. The quantitative estimate of drug-likeness (QED) is 0.399. The molecule has 3 aromatic carbocycles. The maximum absolute atomic E-state index is 13.3. The Morgan fingerprint density at radius 2 is 1.58 bits per heavy atom. The Morgan fingerprint density at radius 1 is 0.935 bits per heavy atom. The molecule has 0 spiro atoms. The highest BCUT2D eigenvalue weighted by atomic mass is 35.5. The minimum atomic E-state index is -4.04. The number of nitrogens with zero attached hydrogens (tertiary/aromatic N) is 1. The van der Waals surface area contributed by atoms with Gasteiger partial charge in [-0.15, -0.1) is 0 Å². The van der Waals surface area contributed by atoms with Gasteiger partial charge in [-0.3, -0.25) is 4.79 Å². The van der Waals surface area contributed by atoms with Crippen LogP contribution in [0, 0.1) is 0 Å². The summed E-state index contributed by atoms with van der Waals surface area (Å²) >= 11 is 5.86. The Morgan fingerprint density at radius 3 is 2.19 bits per heavy atom. The average Bonchev–Trinajstić information content (AvgIpc) is 2.79. The minimum absolute atomic E-state index is 0.0230. The Balaban J connectivity index is 1.76. The highest BCUT2D eigenvalue weighted by molar-refractivity contribution is 7.93. The van der Waals surface area contributed by atoms with Gasteiger partial charge in [-0.1, -0.05) is 48.9 Å². The smallest absolute Gasteiger partial charge is 0.270 e. The summed E-state index contributed by atoms with van der Waals surface area (Å²) in [4.78, 5) is 13.1. The van der Waals surface area contributed by atoms with Crippen LogP contribution in [0.15, 0.2) is 83.8 Å². The number of hydrogen-bond acceptors (Lipinski definition) is 4. The van der Waals surface area contributed by atoms with Crippen molar-refractivity contribution >= 4 is 33.2 Å². The molecule has 31 heavy (non-hydrogen) atoms. The summed E-state index contributed by atoms with van der Waals surface area (Å²) in [7, 11) is -4.04. The topological polar surface area (TPSA) is 63.7 Å². The zero-order chi connectivity index (χ0) is 22.3. The van der Waals surface area contributed by atoms with Crippen molar-refractivity contribution in [3.8, 4) is 5.75 Å². The number of carbonyl (C=O) groups is 1. The second-order valence-corrected chi connectivity index (χ2v) is 9.13. The summed E-state index contributed by atoms with van der Waals surface area (Å²) in [5, 5.41) is 0.610. The third-order valence-electron chi connectivity index (χ3n) is 4.70. The van der Waals surface area contributed by atoms with Crippen molar-refractivity contribution in [2.24, 2.45) is 0 Å². The molecule has 0 atom stereocenters. The standard InChI is InChI=1S/C24H24ClNO4S/c1-2-19-10-14-21(15-11-19)26(31(28,29)23-7-4-3-5-8-23)24(27)9-6-18-30-22-16-12-20(25)13-17-22/h3-5,7-8,10-17H,2,6,9,18H2,1H3. The van der Waals surface area contributed by atoms with Crippen LogP contribution in [0.5, 0.6) is 5.75 Å². The Bertz CT molecular complexity index is 1100. The first kappa shape index (κ1) is 22.8. The van der Waals surface area contributed by atoms with Gasteiger partial charge in [0.1, 0.15) is 5.75 Å². The second-order valence-electron chi connectivity index (χ2n) is 6.90. The summed E-state index contributed by atoms with van der Waals surface area (Å²) in [6.45, 7) is 2.29. The van der Waals surface area contributed by atoms with E-state index in [1.54, 1.807) is 54.6 Å². The molecule has 162 valence electrons. The van der Waals surface area contributed by atoms with Crippen molar-refractivity contribution in [1.82, 2.24) is 0 Å². The normalized spacial score (nSPS) is 11.2. The second kappa shape index (κ2) is 10.5. The molecule has 0 aliphatic rings. The van der Waals surface area contributed by atoms with Crippen LogP contribution in [0.3, 0.4) is 0 Å². The molecule has 0 bridgehead atoms. The lowest BCUT2D eigenvalue weighted by Gasteiger charge is -2.23. The van der Waals surface area contributed by atoms with Crippen LogP contribution in [-0.4, -0.2) is 20.9 Å². The zero-order valence-electron chi connectivity index (χ0n) is 17.2. The van der Waals surface area contributed by atoms with Crippen LogP contribution in [0.1, 0.15) is 25.3 Å². The maximum atomic E-state index is 13.3. The zero-order valence-corrected chi connectivity index (χ0v) is 18.8.